The van der Waals surface area contributed by atoms with E-state index in [2.05, 4.69) is 21.2 Å². The van der Waals surface area contributed by atoms with Gasteiger partial charge in [-0.1, -0.05) is 71.7 Å². The maximum absolute atomic E-state index is 14.0. The number of unbranched alkanes of at least 4 members (excludes halogenated alkanes) is 1. The van der Waals surface area contributed by atoms with Crippen molar-refractivity contribution in [2.45, 2.75) is 58.0 Å². The van der Waals surface area contributed by atoms with E-state index in [0.717, 1.165) is 38.3 Å². The van der Waals surface area contributed by atoms with Gasteiger partial charge in [0, 0.05) is 17.6 Å². The van der Waals surface area contributed by atoms with Crippen LogP contribution < -0.4 is 9.62 Å². The summed E-state index contributed by atoms with van der Waals surface area (Å²) in [6.07, 6.45) is 1.76. The highest BCUT2D eigenvalue weighted by Gasteiger charge is 2.33. The number of halogens is 1. The van der Waals surface area contributed by atoms with Gasteiger partial charge in [-0.2, -0.15) is 0 Å². The second kappa shape index (κ2) is 13.8. The number of rotatable bonds is 12. The lowest BCUT2D eigenvalue weighted by molar-refractivity contribution is -0.139. The van der Waals surface area contributed by atoms with Crippen molar-refractivity contribution in [2.75, 3.05) is 17.4 Å². The summed E-state index contributed by atoms with van der Waals surface area (Å²) in [4.78, 5) is 28.5. The topological polar surface area (TPSA) is 86.8 Å². The van der Waals surface area contributed by atoms with Crippen LogP contribution >= 0.6 is 15.9 Å². The molecule has 0 saturated carbocycles. The van der Waals surface area contributed by atoms with Gasteiger partial charge in [0.2, 0.25) is 11.8 Å². The monoisotopic (exact) mass is 613 g/mol. The average molecular weight is 615 g/mol. The number of hydrogen-bond donors (Lipinski definition) is 1. The average Bonchev–Trinajstić information content (AvgIpc) is 2.93. The van der Waals surface area contributed by atoms with Gasteiger partial charge in [-0.25, -0.2) is 8.42 Å². The van der Waals surface area contributed by atoms with Crippen molar-refractivity contribution in [3.8, 4) is 0 Å². The predicted molar refractivity (Wildman–Crippen MR) is 159 cm³/mol. The molecule has 0 bridgehead atoms. The van der Waals surface area contributed by atoms with E-state index >= 15 is 0 Å². The van der Waals surface area contributed by atoms with Gasteiger partial charge < -0.3 is 10.2 Å². The SMILES string of the molecule is CCCCNC(=O)C(C)N(Cc1ccc(Br)cc1)C(=O)CN(c1cccc(C)c1C)S(=O)(=O)c1ccccc1. The molecule has 0 aromatic heterocycles. The summed E-state index contributed by atoms with van der Waals surface area (Å²) in [6.45, 7) is 7.66. The van der Waals surface area contributed by atoms with Crippen LogP contribution in [0.4, 0.5) is 5.69 Å². The Morgan fingerprint density at radius 3 is 2.26 bits per heavy atom. The van der Waals surface area contributed by atoms with Gasteiger partial charge in [-0.05, 0) is 74.2 Å². The third-order valence-electron chi connectivity index (χ3n) is 6.72. The standard InChI is InChI=1S/C30H36BrN3O4S/c1-5-6-19-32-30(36)24(4)33(20-25-15-17-26(31)18-16-25)29(35)21-34(28-14-10-11-22(2)23(28)3)39(37,38)27-12-8-7-9-13-27/h7-18,24H,5-6,19-21H2,1-4H3,(H,32,36). The van der Waals surface area contributed by atoms with E-state index < -0.39 is 28.5 Å². The fourth-order valence-corrected chi connectivity index (χ4v) is 5.90. The van der Waals surface area contributed by atoms with E-state index in [9.17, 15) is 18.0 Å². The summed E-state index contributed by atoms with van der Waals surface area (Å²) in [5.74, 6) is -0.755. The number of benzene rings is 3. The van der Waals surface area contributed by atoms with Gasteiger partial charge in [0.25, 0.3) is 10.0 Å². The molecule has 2 amide bonds. The summed E-state index contributed by atoms with van der Waals surface area (Å²) < 4.78 is 29.8. The second-order valence-electron chi connectivity index (χ2n) is 9.51. The molecule has 3 rings (SSSR count). The van der Waals surface area contributed by atoms with Crippen LogP contribution in [-0.2, 0) is 26.2 Å². The molecule has 9 heteroatoms. The quantitative estimate of drug-likeness (QED) is 0.270. The summed E-state index contributed by atoms with van der Waals surface area (Å²) in [6, 6.07) is 20.1. The van der Waals surface area contributed by atoms with Crippen molar-refractivity contribution in [3.63, 3.8) is 0 Å². The van der Waals surface area contributed by atoms with Crippen molar-refractivity contribution in [1.29, 1.82) is 0 Å². The summed E-state index contributed by atoms with van der Waals surface area (Å²) >= 11 is 3.43. The molecule has 0 aliphatic rings. The molecule has 0 spiro atoms. The molecule has 1 unspecified atom stereocenters. The lowest BCUT2D eigenvalue weighted by atomic mass is 10.1. The molecule has 7 nitrogen and oxygen atoms in total. The Labute approximate surface area is 240 Å². The van der Waals surface area contributed by atoms with Crippen LogP contribution in [0.5, 0.6) is 0 Å². The van der Waals surface area contributed by atoms with E-state index in [-0.39, 0.29) is 17.3 Å². The minimum atomic E-state index is -4.08. The molecule has 0 saturated heterocycles. The number of hydrogen-bond acceptors (Lipinski definition) is 4. The van der Waals surface area contributed by atoms with Gasteiger partial charge in [0.15, 0.2) is 0 Å². The summed E-state index contributed by atoms with van der Waals surface area (Å²) in [5, 5.41) is 2.90. The second-order valence-corrected chi connectivity index (χ2v) is 12.3. The van der Waals surface area contributed by atoms with E-state index in [1.54, 1.807) is 37.3 Å². The molecule has 208 valence electrons. The third-order valence-corrected chi connectivity index (χ3v) is 9.02. The number of anilines is 1. The highest BCUT2D eigenvalue weighted by Crippen LogP contribution is 2.29. The molecule has 1 N–H and O–H groups in total. The van der Waals surface area contributed by atoms with E-state index in [4.69, 9.17) is 0 Å². The van der Waals surface area contributed by atoms with E-state index in [1.165, 1.54) is 17.0 Å². The van der Waals surface area contributed by atoms with Crippen LogP contribution in [0.25, 0.3) is 0 Å². The van der Waals surface area contributed by atoms with Crippen LogP contribution in [0.3, 0.4) is 0 Å². The molecule has 0 fully saturated rings. The van der Waals surface area contributed by atoms with Gasteiger partial charge >= 0.3 is 0 Å². The van der Waals surface area contributed by atoms with Crippen LogP contribution in [0.2, 0.25) is 0 Å². The zero-order valence-corrected chi connectivity index (χ0v) is 25.3. The highest BCUT2D eigenvalue weighted by molar-refractivity contribution is 9.10. The Hall–Kier alpha value is -3.17. The van der Waals surface area contributed by atoms with Crippen molar-refractivity contribution in [3.05, 3.63) is 94.0 Å². The Kier molecular flexibility index (Phi) is 10.7. The van der Waals surface area contributed by atoms with Crippen LogP contribution in [0, 0.1) is 13.8 Å². The molecule has 0 aliphatic heterocycles. The number of sulfonamides is 1. The molecule has 0 radical (unpaired) electrons. The number of nitrogens with one attached hydrogen (secondary N) is 1. The zero-order valence-electron chi connectivity index (χ0n) is 22.9. The molecule has 3 aromatic rings. The zero-order chi connectivity index (χ0) is 28.6. The maximum atomic E-state index is 14.0. The molecule has 0 heterocycles. The molecule has 0 aliphatic carbocycles. The first-order valence-electron chi connectivity index (χ1n) is 13.0. The number of carbonyl (C=O) groups is 2. The van der Waals surface area contributed by atoms with Crippen molar-refractivity contribution >= 4 is 43.5 Å². The number of nitrogens with zero attached hydrogens (tertiary/aromatic N) is 2. The lowest BCUT2D eigenvalue weighted by Gasteiger charge is -2.32. The van der Waals surface area contributed by atoms with Gasteiger partial charge in [-0.3, -0.25) is 13.9 Å². The van der Waals surface area contributed by atoms with Crippen molar-refractivity contribution in [1.82, 2.24) is 10.2 Å². The summed E-state index contributed by atoms with van der Waals surface area (Å²) in [7, 11) is -4.08. The van der Waals surface area contributed by atoms with Crippen LogP contribution in [0.15, 0.2) is 82.2 Å². The van der Waals surface area contributed by atoms with Crippen molar-refractivity contribution < 1.29 is 18.0 Å². The highest BCUT2D eigenvalue weighted by atomic mass is 79.9. The first kappa shape index (κ1) is 30.4. The Morgan fingerprint density at radius 1 is 0.949 bits per heavy atom. The Balaban J connectivity index is 2.02. The van der Waals surface area contributed by atoms with E-state index in [1.807, 2.05) is 51.1 Å². The lowest BCUT2D eigenvalue weighted by Crippen LogP contribution is -2.51. The smallest absolute Gasteiger partial charge is 0.264 e. The molecule has 39 heavy (non-hydrogen) atoms. The number of aryl methyl sites for hydroxylation is 1. The number of amides is 2. The fourth-order valence-electron chi connectivity index (χ4n) is 4.14. The molecular weight excluding hydrogens is 578 g/mol. The van der Waals surface area contributed by atoms with Gasteiger partial charge in [-0.15, -0.1) is 0 Å². The minimum absolute atomic E-state index is 0.0866. The Bertz CT molecular complexity index is 1380. The molecule has 1 atom stereocenters. The Morgan fingerprint density at radius 2 is 1.62 bits per heavy atom. The van der Waals surface area contributed by atoms with Gasteiger partial charge in [0.1, 0.15) is 12.6 Å². The van der Waals surface area contributed by atoms with Crippen LogP contribution in [0.1, 0.15) is 43.4 Å². The minimum Gasteiger partial charge on any atom is -0.354 e. The number of carbonyl (C=O) groups excluding carboxylic acids is 2. The predicted octanol–water partition coefficient (Wildman–Crippen LogP) is 5.59. The largest absolute Gasteiger partial charge is 0.354 e. The molecule has 3 aromatic carbocycles. The van der Waals surface area contributed by atoms with Crippen molar-refractivity contribution in [2.24, 2.45) is 0 Å². The molecular formula is C30H36BrN3O4S. The van der Waals surface area contributed by atoms with E-state index in [0.29, 0.717) is 12.2 Å². The first-order valence-corrected chi connectivity index (χ1v) is 15.2. The fraction of sp³-hybridized carbons (Fsp3) is 0.333. The maximum Gasteiger partial charge on any atom is 0.264 e. The summed E-state index contributed by atoms with van der Waals surface area (Å²) in [5.41, 5.74) is 2.91. The van der Waals surface area contributed by atoms with Crippen LogP contribution in [-0.4, -0.2) is 44.3 Å². The first-order chi connectivity index (χ1) is 18.6. The van der Waals surface area contributed by atoms with Gasteiger partial charge in [0.05, 0.1) is 10.6 Å². The third kappa shape index (κ3) is 7.70. The normalized spacial score (nSPS) is 12.0.